The van der Waals surface area contributed by atoms with Gasteiger partial charge in [-0.05, 0) is 42.7 Å². The molecule has 0 atom stereocenters. The predicted octanol–water partition coefficient (Wildman–Crippen LogP) is 3.00. The van der Waals surface area contributed by atoms with Crippen LogP contribution in [0, 0.1) is 5.82 Å². The molecule has 2 aromatic carbocycles. The Morgan fingerprint density at radius 1 is 1.26 bits per heavy atom. The first kappa shape index (κ1) is 15.3. The monoisotopic (exact) mass is 315 g/mol. The fraction of sp³-hybridized carbons (Fsp3) is 0.278. The highest BCUT2D eigenvalue weighted by Crippen LogP contribution is 2.47. The summed E-state index contributed by atoms with van der Waals surface area (Å²) in [6.07, 6.45) is 1.90. The number of hydrogen-bond donors (Lipinski definition) is 2. The van der Waals surface area contributed by atoms with Crippen LogP contribution in [0.5, 0.6) is 11.5 Å². The van der Waals surface area contributed by atoms with Crippen LogP contribution < -0.4 is 10.1 Å². The van der Waals surface area contributed by atoms with E-state index >= 15 is 0 Å². The van der Waals surface area contributed by atoms with E-state index in [4.69, 9.17) is 4.74 Å². The number of benzene rings is 2. The van der Waals surface area contributed by atoms with E-state index in [1.54, 1.807) is 18.2 Å². The lowest BCUT2D eigenvalue weighted by atomic mass is 9.96. The molecule has 4 nitrogen and oxygen atoms in total. The minimum atomic E-state index is -0.335. The molecule has 1 aliphatic rings. The number of halogens is 1. The van der Waals surface area contributed by atoms with Crippen LogP contribution in [0.1, 0.15) is 28.8 Å². The lowest BCUT2D eigenvalue weighted by Gasteiger charge is -2.17. The maximum atomic E-state index is 13.0. The third kappa shape index (κ3) is 3.13. The summed E-state index contributed by atoms with van der Waals surface area (Å²) in [5, 5.41) is 12.8. The maximum absolute atomic E-state index is 13.0. The summed E-state index contributed by atoms with van der Waals surface area (Å²) in [4.78, 5) is 12.3. The molecule has 23 heavy (non-hydrogen) atoms. The molecule has 0 aromatic heterocycles. The van der Waals surface area contributed by atoms with Gasteiger partial charge in [0.15, 0.2) is 0 Å². The molecule has 120 valence electrons. The summed E-state index contributed by atoms with van der Waals surface area (Å²) in [5.74, 6) is -0.229. The Morgan fingerprint density at radius 3 is 2.52 bits per heavy atom. The van der Waals surface area contributed by atoms with E-state index in [2.05, 4.69) is 5.32 Å². The highest BCUT2D eigenvalue weighted by Gasteiger charge is 2.44. The zero-order valence-corrected chi connectivity index (χ0v) is 12.8. The summed E-state index contributed by atoms with van der Waals surface area (Å²) in [5.41, 5.74) is 1.12. The van der Waals surface area contributed by atoms with Gasteiger partial charge >= 0.3 is 0 Å². The second-order valence-electron chi connectivity index (χ2n) is 5.85. The molecular formula is C18H18FNO3. The van der Waals surface area contributed by atoms with E-state index in [1.807, 2.05) is 0 Å². The van der Waals surface area contributed by atoms with Crippen molar-refractivity contribution in [2.45, 2.75) is 18.3 Å². The van der Waals surface area contributed by atoms with Crippen LogP contribution in [0.15, 0.2) is 42.5 Å². The fourth-order valence-electron chi connectivity index (χ4n) is 2.70. The molecule has 3 rings (SSSR count). The number of aromatic hydroxyl groups is 1. The molecule has 0 saturated heterocycles. The van der Waals surface area contributed by atoms with Crippen molar-refractivity contribution in [3.05, 3.63) is 59.4 Å². The van der Waals surface area contributed by atoms with Crippen molar-refractivity contribution < 1.29 is 19.0 Å². The van der Waals surface area contributed by atoms with Crippen LogP contribution in [-0.2, 0) is 5.41 Å². The molecule has 1 saturated carbocycles. The SMILES string of the molecule is COc1ccc(C(=O)NCC2(c3ccc(F)cc3)CC2)c(O)c1. The molecule has 5 heteroatoms. The first-order valence-electron chi connectivity index (χ1n) is 7.45. The van der Waals surface area contributed by atoms with Crippen LogP contribution in [0.3, 0.4) is 0 Å². The number of rotatable bonds is 5. The molecule has 0 bridgehead atoms. The van der Waals surface area contributed by atoms with Gasteiger partial charge in [0.25, 0.3) is 5.91 Å². The van der Waals surface area contributed by atoms with E-state index in [1.165, 1.54) is 31.4 Å². The highest BCUT2D eigenvalue weighted by molar-refractivity contribution is 5.97. The number of carbonyl (C=O) groups excluding carboxylic acids is 1. The standard InChI is InChI=1S/C18H18FNO3/c1-23-14-6-7-15(16(21)10-14)17(22)20-11-18(8-9-18)12-2-4-13(19)5-3-12/h2-7,10,21H,8-9,11H2,1H3,(H,20,22). The normalized spacial score (nSPS) is 15.0. The lowest BCUT2D eigenvalue weighted by molar-refractivity contribution is 0.0947. The number of carbonyl (C=O) groups is 1. The van der Waals surface area contributed by atoms with Crippen molar-refractivity contribution in [1.29, 1.82) is 0 Å². The molecule has 0 spiro atoms. The van der Waals surface area contributed by atoms with Crippen molar-refractivity contribution in [3.63, 3.8) is 0 Å². The smallest absolute Gasteiger partial charge is 0.255 e. The van der Waals surface area contributed by atoms with Crippen molar-refractivity contribution >= 4 is 5.91 Å². The van der Waals surface area contributed by atoms with Gasteiger partial charge in [0.1, 0.15) is 17.3 Å². The van der Waals surface area contributed by atoms with Crippen molar-refractivity contribution in [3.8, 4) is 11.5 Å². The van der Waals surface area contributed by atoms with Gasteiger partial charge in [-0.1, -0.05) is 12.1 Å². The Hall–Kier alpha value is -2.56. The van der Waals surface area contributed by atoms with Crippen LogP contribution in [0.2, 0.25) is 0 Å². The van der Waals surface area contributed by atoms with Gasteiger partial charge < -0.3 is 15.2 Å². The fourth-order valence-corrected chi connectivity index (χ4v) is 2.70. The average Bonchev–Trinajstić information content (AvgIpc) is 3.34. The Labute approximate surface area is 133 Å². The van der Waals surface area contributed by atoms with Crippen molar-refractivity contribution in [2.75, 3.05) is 13.7 Å². The third-order valence-electron chi connectivity index (χ3n) is 4.35. The van der Waals surface area contributed by atoms with Gasteiger partial charge in [0, 0.05) is 18.0 Å². The van der Waals surface area contributed by atoms with Crippen LogP contribution in [0.25, 0.3) is 0 Å². The molecule has 2 N–H and O–H groups in total. The molecular weight excluding hydrogens is 297 g/mol. The van der Waals surface area contributed by atoms with E-state index in [0.717, 1.165) is 18.4 Å². The zero-order valence-electron chi connectivity index (χ0n) is 12.8. The Morgan fingerprint density at radius 2 is 1.96 bits per heavy atom. The molecule has 1 fully saturated rings. The van der Waals surface area contributed by atoms with Gasteiger partial charge in [0.2, 0.25) is 0 Å². The number of amides is 1. The van der Waals surface area contributed by atoms with Gasteiger partial charge in [-0.2, -0.15) is 0 Å². The summed E-state index contributed by atoms with van der Waals surface area (Å²) in [6, 6.07) is 11.0. The molecule has 0 radical (unpaired) electrons. The minimum Gasteiger partial charge on any atom is -0.507 e. The minimum absolute atomic E-state index is 0.117. The number of ether oxygens (including phenoxy) is 1. The van der Waals surface area contributed by atoms with Gasteiger partial charge in [-0.3, -0.25) is 4.79 Å². The van der Waals surface area contributed by atoms with Crippen LogP contribution in [-0.4, -0.2) is 24.7 Å². The highest BCUT2D eigenvalue weighted by atomic mass is 19.1. The Bertz CT molecular complexity index is 724. The number of phenols is 1. The second-order valence-corrected chi connectivity index (χ2v) is 5.85. The van der Waals surface area contributed by atoms with E-state index in [-0.39, 0.29) is 28.5 Å². The molecule has 1 aliphatic carbocycles. The van der Waals surface area contributed by atoms with E-state index in [0.29, 0.717) is 12.3 Å². The lowest BCUT2D eigenvalue weighted by Crippen LogP contribution is -2.32. The number of phenolic OH excluding ortho intramolecular Hbond substituents is 1. The van der Waals surface area contributed by atoms with Crippen LogP contribution >= 0.6 is 0 Å². The quantitative estimate of drug-likeness (QED) is 0.892. The van der Waals surface area contributed by atoms with E-state index in [9.17, 15) is 14.3 Å². The summed E-state index contributed by atoms with van der Waals surface area (Å²) in [7, 11) is 1.49. The molecule has 1 amide bonds. The third-order valence-corrected chi connectivity index (χ3v) is 4.35. The van der Waals surface area contributed by atoms with Crippen molar-refractivity contribution in [2.24, 2.45) is 0 Å². The molecule has 0 aliphatic heterocycles. The van der Waals surface area contributed by atoms with Gasteiger partial charge in [0.05, 0.1) is 12.7 Å². The number of methoxy groups -OCH3 is 1. The number of nitrogens with one attached hydrogen (secondary N) is 1. The first-order valence-corrected chi connectivity index (χ1v) is 7.45. The zero-order chi connectivity index (χ0) is 16.4. The molecule has 0 unspecified atom stereocenters. The van der Waals surface area contributed by atoms with E-state index < -0.39 is 0 Å². The largest absolute Gasteiger partial charge is 0.507 e. The Balaban J connectivity index is 1.68. The average molecular weight is 315 g/mol. The van der Waals surface area contributed by atoms with Gasteiger partial charge in [-0.25, -0.2) is 4.39 Å². The topological polar surface area (TPSA) is 58.6 Å². The second kappa shape index (κ2) is 5.91. The van der Waals surface area contributed by atoms with Gasteiger partial charge in [-0.15, -0.1) is 0 Å². The maximum Gasteiger partial charge on any atom is 0.255 e. The summed E-state index contributed by atoms with van der Waals surface area (Å²) in [6.45, 7) is 0.461. The van der Waals surface area contributed by atoms with Crippen molar-refractivity contribution in [1.82, 2.24) is 5.32 Å². The van der Waals surface area contributed by atoms with Crippen LogP contribution in [0.4, 0.5) is 4.39 Å². The molecule has 0 heterocycles. The Kier molecular flexibility index (Phi) is 3.94. The predicted molar refractivity (Wildman–Crippen MR) is 84.3 cm³/mol. The summed E-state index contributed by atoms with van der Waals surface area (Å²) < 4.78 is 18.0. The molecule has 2 aromatic rings. The first-order chi connectivity index (χ1) is 11.0. The summed E-state index contributed by atoms with van der Waals surface area (Å²) >= 11 is 0. The number of hydrogen-bond acceptors (Lipinski definition) is 3.